The Morgan fingerprint density at radius 3 is 1.69 bits per heavy atom. The maximum Gasteiger partial charge on any atom is 0.306 e. The van der Waals surface area contributed by atoms with Crippen molar-refractivity contribution in [1.82, 2.24) is 0 Å². The third-order valence-electron chi connectivity index (χ3n) is 6.42. The number of hydrogen-bond acceptors (Lipinski definition) is 0. The molecule has 5 heteroatoms. The van der Waals surface area contributed by atoms with E-state index in [4.69, 9.17) is 0 Å². The summed E-state index contributed by atoms with van der Waals surface area (Å²) >= 11 is 0. The quantitative estimate of drug-likeness (QED) is 0.479. The van der Waals surface area contributed by atoms with Crippen molar-refractivity contribution in [2.45, 2.75) is 64.2 Å². The summed E-state index contributed by atoms with van der Waals surface area (Å²) in [6.07, 6.45) is 6.14. The molecule has 0 amide bonds. The molecular weight excluding hydrogens is 347 g/mol. The van der Waals surface area contributed by atoms with Crippen molar-refractivity contribution in [1.29, 1.82) is 0 Å². The molecule has 0 N–H and O–H groups in total. The van der Waals surface area contributed by atoms with Crippen molar-refractivity contribution >= 4 is 5.83 Å². The average Bonchev–Trinajstić information content (AvgIpc) is 2.61. The fourth-order valence-corrected chi connectivity index (χ4v) is 4.81. The molecule has 0 radical (unpaired) electrons. The van der Waals surface area contributed by atoms with Crippen molar-refractivity contribution < 1.29 is 22.0 Å². The molecule has 0 atom stereocenters. The van der Waals surface area contributed by atoms with Crippen molar-refractivity contribution in [3.8, 4) is 0 Å². The lowest BCUT2D eigenvalue weighted by Gasteiger charge is -2.37. The smallest absolute Gasteiger partial charge is 0.206 e. The molecule has 0 aromatic heterocycles. The maximum atomic E-state index is 14.0. The molecule has 0 heterocycles. The maximum absolute atomic E-state index is 14.0. The molecule has 0 saturated heterocycles. The Labute approximate surface area is 151 Å². The Kier molecular flexibility index (Phi) is 6.03. The van der Waals surface area contributed by atoms with Gasteiger partial charge in [-0.3, -0.25) is 0 Å². The van der Waals surface area contributed by atoms with Gasteiger partial charge in [0, 0.05) is 0 Å². The van der Waals surface area contributed by atoms with E-state index in [1.54, 1.807) is 0 Å². The first-order chi connectivity index (χ1) is 12.4. The van der Waals surface area contributed by atoms with Crippen LogP contribution >= 0.6 is 0 Å². The van der Waals surface area contributed by atoms with Crippen LogP contribution in [0.1, 0.15) is 75.3 Å². The zero-order valence-corrected chi connectivity index (χ0v) is 15.0. The van der Waals surface area contributed by atoms with Crippen LogP contribution in [0.5, 0.6) is 0 Å². The van der Waals surface area contributed by atoms with E-state index in [-0.39, 0.29) is 5.92 Å². The number of benzene rings is 1. The van der Waals surface area contributed by atoms with E-state index in [0.717, 1.165) is 49.7 Å². The highest BCUT2D eigenvalue weighted by atomic mass is 19.3. The summed E-state index contributed by atoms with van der Waals surface area (Å²) in [5.74, 6) is -2.38. The second-order valence-corrected chi connectivity index (χ2v) is 8.07. The van der Waals surface area contributed by atoms with Gasteiger partial charge < -0.3 is 0 Å². The molecule has 144 valence electrons. The predicted octanol–water partition coefficient (Wildman–Crippen LogP) is 7.60. The third-order valence-corrected chi connectivity index (χ3v) is 6.42. The van der Waals surface area contributed by atoms with E-state index in [1.165, 1.54) is 25.7 Å². The van der Waals surface area contributed by atoms with Crippen LogP contribution in [0.2, 0.25) is 0 Å². The van der Waals surface area contributed by atoms with Gasteiger partial charge in [-0.15, -0.1) is 0 Å². The van der Waals surface area contributed by atoms with Crippen LogP contribution in [0.25, 0.3) is 5.83 Å². The molecule has 0 spiro atoms. The molecule has 3 rings (SSSR count). The number of hydrogen-bond donors (Lipinski definition) is 0. The van der Waals surface area contributed by atoms with E-state index in [2.05, 4.69) is 6.92 Å². The van der Waals surface area contributed by atoms with Gasteiger partial charge in [-0.25, -0.2) is 13.2 Å². The van der Waals surface area contributed by atoms with Gasteiger partial charge in [0.05, 0.1) is 5.56 Å². The van der Waals surface area contributed by atoms with Gasteiger partial charge in [-0.05, 0) is 79.9 Å². The van der Waals surface area contributed by atoms with Gasteiger partial charge in [-0.1, -0.05) is 19.8 Å². The SMILES string of the molecule is CC1CCC(C2CCC(c3cc(F)c(C(F)=C(F)F)c(F)c3)CC2)CC1. The standard InChI is InChI=1S/C21H25F5/c1-12-2-4-13(5-3-12)14-6-8-15(9-7-14)16-10-17(22)19(18(23)11-16)20(24)21(25)26/h10-15H,2-9H2,1H3. The third kappa shape index (κ3) is 4.12. The lowest BCUT2D eigenvalue weighted by Crippen LogP contribution is -2.24. The van der Waals surface area contributed by atoms with Crippen molar-refractivity contribution in [3.05, 3.63) is 41.0 Å². The predicted molar refractivity (Wildman–Crippen MR) is 92.4 cm³/mol. The van der Waals surface area contributed by atoms with Crippen LogP contribution in [-0.4, -0.2) is 0 Å². The fourth-order valence-electron chi connectivity index (χ4n) is 4.81. The molecule has 1 aromatic carbocycles. The first-order valence-electron chi connectivity index (χ1n) is 9.56. The zero-order valence-electron chi connectivity index (χ0n) is 15.0. The van der Waals surface area contributed by atoms with E-state index >= 15 is 0 Å². The van der Waals surface area contributed by atoms with Crippen LogP contribution in [0.3, 0.4) is 0 Å². The molecule has 2 aliphatic rings. The molecule has 1 aromatic rings. The van der Waals surface area contributed by atoms with E-state index in [9.17, 15) is 22.0 Å². The molecule has 2 fully saturated rings. The summed E-state index contributed by atoms with van der Waals surface area (Å²) in [7, 11) is 0. The van der Waals surface area contributed by atoms with Gasteiger partial charge in [0.2, 0.25) is 5.83 Å². The van der Waals surface area contributed by atoms with Crippen molar-refractivity contribution in [2.75, 3.05) is 0 Å². The molecule has 0 nitrogen and oxygen atoms in total. The fraction of sp³-hybridized carbons (Fsp3) is 0.619. The highest BCUT2D eigenvalue weighted by Crippen LogP contribution is 2.44. The Hall–Kier alpha value is -1.39. The highest BCUT2D eigenvalue weighted by molar-refractivity contribution is 5.61. The van der Waals surface area contributed by atoms with Crippen LogP contribution in [-0.2, 0) is 0 Å². The molecule has 26 heavy (non-hydrogen) atoms. The van der Waals surface area contributed by atoms with Gasteiger partial charge >= 0.3 is 6.08 Å². The molecule has 2 aliphatic carbocycles. The first-order valence-corrected chi connectivity index (χ1v) is 9.56. The minimum atomic E-state index is -2.71. The van der Waals surface area contributed by atoms with E-state index in [1.807, 2.05) is 0 Å². The van der Waals surface area contributed by atoms with Gasteiger partial charge in [0.15, 0.2) is 0 Å². The summed E-state index contributed by atoms with van der Waals surface area (Å²) in [5.41, 5.74) is -0.815. The summed E-state index contributed by atoms with van der Waals surface area (Å²) in [6, 6.07) is 2.04. The molecule has 2 saturated carbocycles. The van der Waals surface area contributed by atoms with Crippen LogP contribution in [0.15, 0.2) is 18.2 Å². The second kappa shape index (κ2) is 8.10. The van der Waals surface area contributed by atoms with Crippen LogP contribution < -0.4 is 0 Å². The zero-order chi connectivity index (χ0) is 18.8. The Morgan fingerprint density at radius 2 is 1.23 bits per heavy atom. The Balaban J connectivity index is 1.67. The minimum Gasteiger partial charge on any atom is -0.206 e. The van der Waals surface area contributed by atoms with Gasteiger partial charge in [-0.2, -0.15) is 8.78 Å². The van der Waals surface area contributed by atoms with E-state index < -0.39 is 29.1 Å². The Morgan fingerprint density at radius 1 is 0.769 bits per heavy atom. The number of halogens is 5. The molecule has 0 aliphatic heterocycles. The summed E-state index contributed by atoms with van der Waals surface area (Å²) < 4.78 is 66.0. The van der Waals surface area contributed by atoms with Crippen molar-refractivity contribution in [3.63, 3.8) is 0 Å². The lowest BCUT2D eigenvalue weighted by molar-refractivity contribution is 0.165. The second-order valence-electron chi connectivity index (χ2n) is 8.07. The van der Waals surface area contributed by atoms with Gasteiger partial charge in [0.25, 0.3) is 0 Å². The molecule has 0 unspecified atom stereocenters. The van der Waals surface area contributed by atoms with Crippen LogP contribution in [0.4, 0.5) is 22.0 Å². The normalized spacial score (nSPS) is 29.5. The largest absolute Gasteiger partial charge is 0.306 e. The monoisotopic (exact) mass is 372 g/mol. The summed E-state index contributed by atoms with van der Waals surface area (Å²) in [6.45, 7) is 2.30. The van der Waals surface area contributed by atoms with E-state index in [0.29, 0.717) is 11.5 Å². The molecule has 0 bridgehead atoms. The molecular formula is C21H25F5. The minimum absolute atomic E-state index is 0.00841. The average molecular weight is 372 g/mol. The van der Waals surface area contributed by atoms with Gasteiger partial charge in [0.1, 0.15) is 11.6 Å². The lowest BCUT2D eigenvalue weighted by atomic mass is 9.68. The number of rotatable bonds is 3. The highest BCUT2D eigenvalue weighted by Gasteiger charge is 2.31. The van der Waals surface area contributed by atoms with Crippen LogP contribution in [0, 0.1) is 29.4 Å². The Bertz CT molecular complexity index is 638. The first kappa shape index (κ1) is 19.4. The summed E-state index contributed by atoms with van der Waals surface area (Å²) in [4.78, 5) is 0. The summed E-state index contributed by atoms with van der Waals surface area (Å²) in [5, 5.41) is 0. The topological polar surface area (TPSA) is 0 Å². The van der Waals surface area contributed by atoms with Crippen molar-refractivity contribution in [2.24, 2.45) is 17.8 Å².